The van der Waals surface area contributed by atoms with Crippen molar-refractivity contribution in [2.24, 2.45) is 0 Å². The molecule has 0 saturated carbocycles. The minimum atomic E-state index is -4.05. The summed E-state index contributed by atoms with van der Waals surface area (Å²) in [6, 6.07) is 0.0253. The molecule has 2 unspecified atom stereocenters. The molecule has 2 atom stereocenters. The zero-order chi connectivity index (χ0) is 12.9. The molecule has 5 heteroatoms. The molecule has 0 aromatic rings. The Kier molecular flexibility index (Phi) is 5.25. The first-order chi connectivity index (χ1) is 7.87. The second-order valence-electron chi connectivity index (χ2n) is 4.88. The van der Waals surface area contributed by atoms with E-state index in [-0.39, 0.29) is 18.1 Å². The quantitative estimate of drug-likeness (QED) is 0.784. The van der Waals surface area contributed by atoms with E-state index in [1.54, 1.807) is 0 Å². The molecule has 1 saturated heterocycles. The van der Waals surface area contributed by atoms with E-state index in [1.807, 2.05) is 13.8 Å². The maximum atomic E-state index is 12.1. The standard InChI is InChI=1S/C12H22F3NO/c1-3-16-10(6-4-8-12(13,14)15)11(2)7-5-9-17-11/h10,16H,3-9H2,1-2H3. The third-order valence-electron chi connectivity index (χ3n) is 3.39. The van der Waals surface area contributed by atoms with Gasteiger partial charge in [0.2, 0.25) is 0 Å². The van der Waals surface area contributed by atoms with Crippen molar-refractivity contribution >= 4 is 0 Å². The fraction of sp³-hybridized carbons (Fsp3) is 1.00. The van der Waals surface area contributed by atoms with E-state index in [4.69, 9.17) is 4.74 Å². The highest BCUT2D eigenvalue weighted by Gasteiger charge is 2.38. The van der Waals surface area contributed by atoms with Gasteiger partial charge in [-0.3, -0.25) is 0 Å². The SMILES string of the molecule is CCNC(CCCC(F)(F)F)C1(C)CCCO1. The Hall–Kier alpha value is -0.290. The Morgan fingerprint density at radius 3 is 2.59 bits per heavy atom. The van der Waals surface area contributed by atoms with Crippen molar-refractivity contribution in [1.82, 2.24) is 5.32 Å². The van der Waals surface area contributed by atoms with Gasteiger partial charge in [0, 0.05) is 19.1 Å². The van der Waals surface area contributed by atoms with Gasteiger partial charge >= 0.3 is 6.18 Å². The Morgan fingerprint density at radius 2 is 2.12 bits per heavy atom. The molecule has 0 radical (unpaired) electrons. The minimum absolute atomic E-state index is 0.0253. The number of nitrogens with one attached hydrogen (secondary N) is 1. The lowest BCUT2D eigenvalue weighted by Gasteiger charge is -2.34. The highest BCUT2D eigenvalue weighted by molar-refractivity contribution is 4.92. The van der Waals surface area contributed by atoms with Crippen molar-refractivity contribution in [3.8, 4) is 0 Å². The number of alkyl halides is 3. The number of hydrogen-bond acceptors (Lipinski definition) is 2. The number of halogens is 3. The molecule has 1 aliphatic heterocycles. The summed E-state index contributed by atoms with van der Waals surface area (Å²) in [4.78, 5) is 0. The predicted molar refractivity (Wildman–Crippen MR) is 61.0 cm³/mol. The average molecular weight is 253 g/mol. The minimum Gasteiger partial charge on any atom is -0.374 e. The molecule has 1 rings (SSSR count). The smallest absolute Gasteiger partial charge is 0.374 e. The van der Waals surface area contributed by atoms with E-state index in [0.29, 0.717) is 6.42 Å². The van der Waals surface area contributed by atoms with Gasteiger partial charge in [0.15, 0.2) is 0 Å². The number of likely N-dealkylation sites (N-methyl/N-ethyl adjacent to an activating group) is 1. The van der Waals surface area contributed by atoms with Crippen LogP contribution in [0, 0.1) is 0 Å². The maximum Gasteiger partial charge on any atom is 0.389 e. The van der Waals surface area contributed by atoms with Crippen LogP contribution in [0.1, 0.15) is 46.0 Å². The number of ether oxygens (including phenoxy) is 1. The van der Waals surface area contributed by atoms with Gasteiger partial charge in [0.1, 0.15) is 0 Å². The third-order valence-corrected chi connectivity index (χ3v) is 3.39. The van der Waals surface area contributed by atoms with Crippen LogP contribution in [0.3, 0.4) is 0 Å². The van der Waals surface area contributed by atoms with Gasteiger partial charge in [-0.05, 0) is 39.2 Å². The number of hydrogen-bond donors (Lipinski definition) is 1. The fourth-order valence-corrected chi connectivity index (χ4v) is 2.45. The Balaban J connectivity index is 2.43. The molecule has 1 aliphatic rings. The summed E-state index contributed by atoms with van der Waals surface area (Å²) < 4.78 is 42.0. The van der Waals surface area contributed by atoms with Crippen LogP contribution in [0.2, 0.25) is 0 Å². The lowest BCUT2D eigenvalue weighted by atomic mass is 9.89. The van der Waals surface area contributed by atoms with Gasteiger partial charge in [0.05, 0.1) is 5.60 Å². The first-order valence-electron chi connectivity index (χ1n) is 6.31. The van der Waals surface area contributed by atoms with Crippen LogP contribution in [0.25, 0.3) is 0 Å². The fourth-order valence-electron chi connectivity index (χ4n) is 2.45. The molecule has 0 amide bonds. The van der Waals surface area contributed by atoms with Gasteiger partial charge < -0.3 is 10.1 Å². The molecular weight excluding hydrogens is 231 g/mol. The van der Waals surface area contributed by atoms with Gasteiger partial charge in [-0.2, -0.15) is 13.2 Å². The van der Waals surface area contributed by atoms with Crippen LogP contribution in [0.4, 0.5) is 13.2 Å². The van der Waals surface area contributed by atoms with Gasteiger partial charge in [-0.1, -0.05) is 6.92 Å². The predicted octanol–water partition coefficient (Wildman–Crippen LogP) is 3.27. The highest BCUT2D eigenvalue weighted by Crippen LogP contribution is 2.32. The number of rotatable bonds is 6. The summed E-state index contributed by atoms with van der Waals surface area (Å²) in [5, 5.41) is 3.26. The van der Waals surface area contributed by atoms with E-state index in [2.05, 4.69) is 5.32 Å². The molecular formula is C12H22F3NO. The van der Waals surface area contributed by atoms with Crippen LogP contribution >= 0.6 is 0 Å². The average Bonchev–Trinajstić information content (AvgIpc) is 2.63. The first-order valence-corrected chi connectivity index (χ1v) is 6.31. The molecule has 0 aromatic heterocycles. The topological polar surface area (TPSA) is 21.3 Å². The van der Waals surface area contributed by atoms with Crippen LogP contribution in [-0.4, -0.2) is 31.0 Å². The second-order valence-corrected chi connectivity index (χ2v) is 4.88. The zero-order valence-corrected chi connectivity index (χ0v) is 10.6. The summed E-state index contributed by atoms with van der Waals surface area (Å²) in [6.45, 7) is 5.45. The van der Waals surface area contributed by atoms with E-state index in [9.17, 15) is 13.2 Å². The van der Waals surface area contributed by atoms with Crippen LogP contribution in [-0.2, 0) is 4.74 Å². The van der Waals surface area contributed by atoms with Gasteiger partial charge in [-0.25, -0.2) is 0 Å². The molecule has 17 heavy (non-hydrogen) atoms. The van der Waals surface area contributed by atoms with E-state index >= 15 is 0 Å². The lowest BCUT2D eigenvalue weighted by molar-refractivity contribution is -0.136. The van der Waals surface area contributed by atoms with Crippen molar-refractivity contribution in [1.29, 1.82) is 0 Å². The molecule has 0 aliphatic carbocycles. The monoisotopic (exact) mass is 253 g/mol. The molecule has 1 N–H and O–H groups in total. The molecule has 2 nitrogen and oxygen atoms in total. The highest BCUT2D eigenvalue weighted by atomic mass is 19.4. The van der Waals surface area contributed by atoms with Gasteiger partial charge in [0.25, 0.3) is 0 Å². The largest absolute Gasteiger partial charge is 0.389 e. The molecule has 0 aromatic carbocycles. The first kappa shape index (κ1) is 14.8. The Bertz CT molecular complexity index is 224. The Labute approximate surface area is 101 Å². The normalized spacial score (nSPS) is 27.4. The summed E-state index contributed by atoms with van der Waals surface area (Å²) in [5.74, 6) is 0. The summed E-state index contributed by atoms with van der Waals surface area (Å²) >= 11 is 0. The van der Waals surface area contributed by atoms with E-state index < -0.39 is 12.6 Å². The zero-order valence-electron chi connectivity index (χ0n) is 10.6. The maximum absolute atomic E-state index is 12.1. The molecule has 0 spiro atoms. The molecule has 1 heterocycles. The van der Waals surface area contributed by atoms with E-state index in [0.717, 1.165) is 26.0 Å². The van der Waals surface area contributed by atoms with Crippen LogP contribution in [0.5, 0.6) is 0 Å². The summed E-state index contributed by atoms with van der Waals surface area (Å²) in [6.07, 6.45) is -2.14. The van der Waals surface area contributed by atoms with Crippen molar-refractivity contribution in [2.75, 3.05) is 13.2 Å². The van der Waals surface area contributed by atoms with E-state index in [1.165, 1.54) is 0 Å². The second kappa shape index (κ2) is 6.05. The molecule has 0 bridgehead atoms. The van der Waals surface area contributed by atoms with Crippen molar-refractivity contribution in [3.63, 3.8) is 0 Å². The molecule has 102 valence electrons. The molecule has 1 fully saturated rings. The van der Waals surface area contributed by atoms with Crippen molar-refractivity contribution < 1.29 is 17.9 Å². The summed E-state index contributed by atoms with van der Waals surface area (Å²) in [7, 11) is 0. The van der Waals surface area contributed by atoms with Crippen LogP contribution in [0.15, 0.2) is 0 Å². The van der Waals surface area contributed by atoms with Crippen LogP contribution < -0.4 is 5.32 Å². The lowest BCUT2D eigenvalue weighted by Crippen LogP contribution is -2.48. The van der Waals surface area contributed by atoms with Gasteiger partial charge in [-0.15, -0.1) is 0 Å². The summed E-state index contributed by atoms with van der Waals surface area (Å²) in [5.41, 5.74) is -0.290. The third kappa shape index (κ3) is 4.84. The van der Waals surface area contributed by atoms with Crippen molar-refractivity contribution in [3.05, 3.63) is 0 Å². The Morgan fingerprint density at radius 1 is 1.41 bits per heavy atom. The van der Waals surface area contributed by atoms with Crippen molar-refractivity contribution in [2.45, 2.75) is 63.8 Å².